The van der Waals surface area contributed by atoms with E-state index in [9.17, 15) is 14.3 Å². The van der Waals surface area contributed by atoms with Crippen LogP contribution in [-0.4, -0.2) is 25.7 Å². The van der Waals surface area contributed by atoms with Gasteiger partial charge in [-0.25, -0.2) is 9.18 Å². The summed E-state index contributed by atoms with van der Waals surface area (Å²) in [5.41, 5.74) is 2.98. The zero-order chi connectivity index (χ0) is 22.9. The number of para-hydroxylation sites is 1. The molecular weight excluding hydrogens is 439 g/mol. The van der Waals surface area contributed by atoms with E-state index in [1.807, 2.05) is 41.1 Å². The molecule has 8 heteroatoms. The number of nitrogens with zero attached hydrogens (tertiary/aromatic N) is 3. The fourth-order valence-electron chi connectivity index (χ4n) is 4.20. The minimum Gasteiger partial charge on any atom is -0.478 e. The Kier molecular flexibility index (Phi) is 5.35. The molecule has 3 heterocycles. The number of carboxylic acid groups (broad SMARTS) is 1. The molecule has 1 aliphatic rings. The van der Waals surface area contributed by atoms with Gasteiger partial charge >= 0.3 is 5.97 Å². The Labute approximate surface area is 194 Å². The number of aromatic nitrogens is 2. The summed E-state index contributed by atoms with van der Waals surface area (Å²) in [6.45, 7) is 0. The van der Waals surface area contributed by atoms with Gasteiger partial charge in [-0.1, -0.05) is 18.2 Å². The van der Waals surface area contributed by atoms with E-state index < -0.39 is 12.0 Å². The maximum absolute atomic E-state index is 14.9. The predicted molar refractivity (Wildman–Crippen MR) is 127 cm³/mol. The summed E-state index contributed by atoms with van der Waals surface area (Å²) >= 11 is 5.66. The van der Waals surface area contributed by atoms with Gasteiger partial charge in [0.1, 0.15) is 11.9 Å². The first-order valence-corrected chi connectivity index (χ1v) is 10.7. The van der Waals surface area contributed by atoms with Crippen LogP contribution in [0.5, 0.6) is 0 Å². The smallest absolute Gasteiger partial charge is 0.335 e. The number of carbonyl (C=O) groups is 1. The topological polar surface area (TPSA) is 70.4 Å². The number of benzene rings is 2. The van der Waals surface area contributed by atoms with Gasteiger partial charge in [-0.3, -0.25) is 4.98 Å². The molecule has 0 radical (unpaired) electrons. The molecule has 0 amide bonds. The van der Waals surface area contributed by atoms with Crippen LogP contribution in [-0.2, 0) is 0 Å². The van der Waals surface area contributed by atoms with Gasteiger partial charge in [0.2, 0.25) is 0 Å². The van der Waals surface area contributed by atoms with Gasteiger partial charge in [-0.05, 0) is 72.9 Å². The Hall–Kier alpha value is -4.04. The van der Waals surface area contributed by atoms with E-state index in [1.165, 1.54) is 6.07 Å². The summed E-state index contributed by atoms with van der Waals surface area (Å²) in [6, 6.07) is 21.9. The predicted octanol–water partition coefficient (Wildman–Crippen LogP) is 4.89. The minimum absolute atomic E-state index is 0.204. The van der Waals surface area contributed by atoms with Crippen molar-refractivity contribution in [1.82, 2.24) is 14.9 Å². The second kappa shape index (κ2) is 8.48. The summed E-state index contributed by atoms with van der Waals surface area (Å²) in [5, 5.41) is 13.0. The van der Waals surface area contributed by atoms with Crippen molar-refractivity contribution >= 4 is 29.0 Å². The molecule has 0 spiro atoms. The zero-order valence-electron chi connectivity index (χ0n) is 17.3. The van der Waals surface area contributed by atoms with Crippen molar-refractivity contribution in [2.24, 2.45) is 0 Å². The highest BCUT2D eigenvalue weighted by molar-refractivity contribution is 7.80. The van der Waals surface area contributed by atoms with E-state index in [0.717, 1.165) is 17.1 Å². The first-order chi connectivity index (χ1) is 16.0. The van der Waals surface area contributed by atoms with Gasteiger partial charge in [-0.2, -0.15) is 0 Å². The zero-order valence-corrected chi connectivity index (χ0v) is 18.1. The number of aromatic carboxylic acids is 1. The molecule has 6 nitrogen and oxygen atoms in total. The lowest BCUT2D eigenvalue weighted by atomic mass is 10.0. The summed E-state index contributed by atoms with van der Waals surface area (Å²) in [4.78, 5) is 17.6. The van der Waals surface area contributed by atoms with Crippen LogP contribution in [0.15, 0.2) is 91.3 Å². The van der Waals surface area contributed by atoms with Gasteiger partial charge in [0.05, 0.1) is 23.0 Å². The summed E-state index contributed by atoms with van der Waals surface area (Å²) in [5.74, 6) is -1.36. The molecule has 0 saturated carbocycles. The molecule has 2 N–H and O–H groups in total. The SMILES string of the molecule is O=C(O)c1ccc(-n2cccc2[C@H]2[C@H](c3ccccn3)NC(=S)N2c2ccccc2F)cc1. The molecular formula is C25H19FN4O2S. The minimum atomic E-state index is -0.986. The summed E-state index contributed by atoms with van der Waals surface area (Å²) in [6.07, 6.45) is 3.61. The molecule has 0 unspecified atom stereocenters. The molecule has 33 heavy (non-hydrogen) atoms. The van der Waals surface area contributed by atoms with E-state index >= 15 is 0 Å². The van der Waals surface area contributed by atoms with Crippen molar-refractivity contribution in [3.63, 3.8) is 0 Å². The molecule has 1 fully saturated rings. The number of hydrogen-bond acceptors (Lipinski definition) is 3. The Morgan fingerprint density at radius 3 is 2.45 bits per heavy atom. The van der Waals surface area contributed by atoms with Gasteiger partial charge < -0.3 is 19.9 Å². The summed E-state index contributed by atoms with van der Waals surface area (Å²) < 4.78 is 16.8. The Bertz CT molecular complexity index is 1320. The standard InChI is InChI=1S/C25H19FN4O2S/c26-18-6-1-2-8-20(18)30-23(22(28-25(30)33)19-7-3-4-14-27-19)21-9-5-15-29(21)17-12-10-16(11-13-17)24(31)32/h1-15,22-23H,(H,28,33)(H,31,32)/t22-,23-/m0/s1. The van der Waals surface area contributed by atoms with E-state index in [-0.39, 0.29) is 17.4 Å². The number of anilines is 1. The molecule has 164 valence electrons. The number of rotatable bonds is 5. The molecule has 2 atom stereocenters. The first-order valence-electron chi connectivity index (χ1n) is 10.3. The highest BCUT2D eigenvalue weighted by Crippen LogP contribution is 2.42. The lowest BCUT2D eigenvalue weighted by molar-refractivity contribution is 0.0697. The second-order valence-electron chi connectivity index (χ2n) is 7.60. The van der Waals surface area contributed by atoms with Gasteiger partial charge in [-0.15, -0.1) is 0 Å². The van der Waals surface area contributed by atoms with Gasteiger partial charge in [0.25, 0.3) is 0 Å². The number of halogens is 1. The number of carboxylic acids is 1. The van der Waals surface area contributed by atoms with Crippen LogP contribution in [0.3, 0.4) is 0 Å². The van der Waals surface area contributed by atoms with Crippen LogP contribution in [0, 0.1) is 5.82 Å². The third-order valence-electron chi connectivity index (χ3n) is 5.69. The van der Waals surface area contributed by atoms with E-state index in [2.05, 4.69) is 10.3 Å². The van der Waals surface area contributed by atoms with Crippen molar-refractivity contribution < 1.29 is 14.3 Å². The van der Waals surface area contributed by atoms with Crippen molar-refractivity contribution in [3.8, 4) is 5.69 Å². The van der Waals surface area contributed by atoms with E-state index in [1.54, 1.807) is 53.6 Å². The Balaban J connectivity index is 1.65. The lowest BCUT2D eigenvalue weighted by Crippen LogP contribution is -2.31. The number of pyridine rings is 1. The normalized spacial score (nSPS) is 17.7. The average Bonchev–Trinajstić information content (AvgIpc) is 3.44. The Morgan fingerprint density at radius 1 is 1.00 bits per heavy atom. The largest absolute Gasteiger partial charge is 0.478 e. The van der Waals surface area contributed by atoms with Crippen LogP contribution in [0.25, 0.3) is 5.69 Å². The fraction of sp³-hybridized carbons (Fsp3) is 0.0800. The van der Waals surface area contributed by atoms with Crippen LogP contribution in [0.2, 0.25) is 0 Å². The Morgan fingerprint density at radius 2 is 1.76 bits per heavy atom. The number of nitrogens with one attached hydrogen (secondary N) is 1. The molecule has 0 aliphatic carbocycles. The first kappa shape index (κ1) is 20.8. The molecule has 0 bridgehead atoms. The monoisotopic (exact) mass is 458 g/mol. The second-order valence-corrected chi connectivity index (χ2v) is 7.99. The highest BCUT2D eigenvalue weighted by atomic mass is 32.1. The van der Waals surface area contributed by atoms with Gasteiger partial charge in [0, 0.05) is 23.8 Å². The highest BCUT2D eigenvalue weighted by Gasteiger charge is 2.42. The van der Waals surface area contributed by atoms with Crippen LogP contribution in [0.4, 0.5) is 10.1 Å². The molecule has 2 aromatic carbocycles. The van der Waals surface area contributed by atoms with Crippen LogP contribution < -0.4 is 10.2 Å². The molecule has 1 saturated heterocycles. The van der Waals surface area contributed by atoms with Crippen LogP contribution >= 0.6 is 12.2 Å². The third-order valence-corrected chi connectivity index (χ3v) is 6.00. The number of thiocarbonyl (C=S) groups is 1. The molecule has 1 aliphatic heterocycles. The number of hydrogen-bond donors (Lipinski definition) is 2. The summed E-state index contributed by atoms with van der Waals surface area (Å²) in [7, 11) is 0. The average molecular weight is 459 g/mol. The van der Waals surface area contributed by atoms with Crippen LogP contribution in [0.1, 0.15) is 33.8 Å². The van der Waals surface area contributed by atoms with Crippen molar-refractivity contribution in [3.05, 3.63) is 114 Å². The van der Waals surface area contributed by atoms with E-state index in [4.69, 9.17) is 12.2 Å². The molecule has 5 rings (SSSR count). The van der Waals surface area contributed by atoms with E-state index in [0.29, 0.717) is 10.8 Å². The molecule has 4 aromatic rings. The van der Waals surface area contributed by atoms with Gasteiger partial charge in [0.15, 0.2) is 5.11 Å². The molecule has 2 aromatic heterocycles. The maximum Gasteiger partial charge on any atom is 0.335 e. The lowest BCUT2D eigenvalue weighted by Gasteiger charge is -2.29. The van der Waals surface area contributed by atoms with Crippen molar-refractivity contribution in [2.75, 3.05) is 4.90 Å². The van der Waals surface area contributed by atoms with Crippen molar-refractivity contribution in [1.29, 1.82) is 0 Å². The fourth-order valence-corrected chi connectivity index (χ4v) is 4.54. The third kappa shape index (κ3) is 3.74. The maximum atomic E-state index is 14.9. The quantitative estimate of drug-likeness (QED) is 0.415. The van der Waals surface area contributed by atoms with Crippen molar-refractivity contribution in [2.45, 2.75) is 12.1 Å².